The molecule has 0 radical (unpaired) electrons. The van der Waals surface area contributed by atoms with Gasteiger partial charge in [-0.25, -0.2) is 0 Å². The summed E-state index contributed by atoms with van der Waals surface area (Å²) in [5.74, 6) is 0.987. The van der Waals surface area contributed by atoms with E-state index in [0.29, 0.717) is 24.5 Å². The van der Waals surface area contributed by atoms with Gasteiger partial charge < -0.3 is 24.4 Å². The predicted molar refractivity (Wildman–Crippen MR) is 79.3 cm³/mol. The maximum absolute atomic E-state index is 12.4. The molecule has 1 aromatic carbocycles. The highest BCUT2D eigenvalue weighted by molar-refractivity contribution is 6.05. The Morgan fingerprint density at radius 1 is 1.41 bits per heavy atom. The van der Waals surface area contributed by atoms with E-state index in [0.717, 1.165) is 11.4 Å². The Kier molecular flexibility index (Phi) is 3.79. The molecule has 118 valence electrons. The first-order chi connectivity index (χ1) is 10.6. The number of benzene rings is 1. The van der Waals surface area contributed by atoms with E-state index in [4.69, 9.17) is 9.47 Å². The van der Waals surface area contributed by atoms with E-state index < -0.39 is 0 Å². The van der Waals surface area contributed by atoms with Gasteiger partial charge in [-0.05, 0) is 13.3 Å². The van der Waals surface area contributed by atoms with Crippen LogP contribution in [0, 0.1) is 0 Å². The van der Waals surface area contributed by atoms with Gasteiger partial charge in [-0.3, -0.25) is 9.59 Å². The molecule has 22 heavy (non-hydrogen) atoms. The molecular weight excluding hydrogens is 288 g/mol. The molecule has 0 bridgehead atoms. The summed E-state index contributed by atoms with van der Waals surface area (Å²) in [6.07, 6.45) is 0.820. The first-order valence-electron chi connectivity index (χ1n) is 7.18. The normalized spacial score (nSPS) is 18.7. The SMILES string of the molecule is COC(=O)CCCN1C(=O)C(C)Nc2cc3c(cc21)OCO3. The van der Waals surface area contributed by atoms with Crippen LogP contribution in [0.2, 0.25) is 0 Å². The average Bonchev–Trinajstić information content (AvgIpc) is 2.96. The van der Waals surface area contributed by atoms with Gasteiger partial charge in [0.15, 0.2) is 11.5 Å². The van der Waals surface area contributed by atoms with Gasteiger partial charge in [-0.15, -0.1) is 0 Å². The number of anilines is 2. The van der Waals surface area contributed by atoms with Crippen molar-refractivity contribution in [2.24, 2.45) is 0 Å². The fourth-order valence-corrected chi connectivity index (χ4v) is 2.63. The fraction of sp³-hybridized carbons (Fsp3) is 0.467. The van der Waals surface area contributed by atoms with E-state index in [-0.39, 0.29) is 31.1 Å². The molecule has 1 N–H and O–H groups in total. The molecule has 2 aliphatic rings. The van der Waals surface area contributed by atoms with E-state index in [1.807, 2.05) is 13.0 Å². The number of nitrogens with one attached hydrogen (secondary N) is 1. The van der Waals surface area contributed by atoms with Gasteiger partial charge in [-0.1, -0.05) is 0 Å². The lowest BCUT2D eigenvalue weighted by Crippen LogP contribution is -2.46. The Labute approximate surface area is 128 Å². The van der Waals surface area contributed by atoms with Crippen LogP contribution >= 0.6 is 0 Å². The van der Waals surface area contributed by atoms with Gasteiger partial charge in [0.25, 0.3) is 0 Å². The third-order valence-electron chi connectivity index (χ3n) is 3.78. The van der Waals surface area contributed by atoms with Crippen molar-refractivity contribution in [1.29, 1.82) is 0 Å². The highest BCUT2D eigenvalue weighted by atomic mass is 16.7. The van der Waals surface area contributed by atoms with E-state index in [9.17, 15) is 9.59 Å². The summed E-state index contributed by atoms with van der Waals surface area (Å²) >= 11 is 0. The minimum Gasteiger partial charge on any atom is -0.469 e. The standard InChI is InChI=1S/C15H18N2O5/c1-9-15(19)17(5-3-4-14(18)20-2)11-7-13-12(21-8-22-13)6-10(11)16-9/h6-7,9,16H,3-5,8H2,1-2H3. The Morgan fingerprint density at radius 2 is 2.14 bits per heavy atom. The van der Waals surface area contributed by atoms with Crippen LogP contribution < -0.4 is 19.7 Å². The Morgan fingerprint density at radius 3 is 2.86 bits per heavy atom. The van der Waals surface area contributed by atoms with Crippen LogP contribution in [0.1, 0.15) is 19.8 Å². The fourth-order valence-electron chi connectivity index (χ4n) is 2.63. The smallest absolute Gasteiger partial charge is 0.305 e. The zero-order chi connectivity index (χ0) is 15.7. The maximum atomic E-state index is 12.4. The van der Waals surface area contributed by atoms with E-state index in [1.54, 1.807) is 11.0 Å². The number of rotatable bonds is 4. The molecule has 1 aromatic rings. The number of amides is 1. The van der Waals surface area contributed by atoms with Crippen LogP contribution in [0.4, 0.5) is 11.4 Å². The molecule has 7 heteroatoms. The van der Waals surface area contributed by atoms with Crippen LogP contribution in [0.5, 0.6) is 11.5 Å². The van der Waals surface area contributed by atoms with Crippen molar-refractivity contribution in [1.82, 2.24) is 0 Å². The second-order valence-electron chi connectivity index (χ2n) is 5.26. The van der Waals surface area contributed by atoms with Crippen LogP contribution in [0.25, 0.3) is 0 Å². The lowest BCUT2D eigenvalue weighted by molar-refractivity contribution is -0.140. The monoisotopic (exact) mass is 306 g/mol. The van der Waals surface area contributed by atoms with Gasteiger partial charge in [0.2, 0.25) is 12.7 Å². The summed E-state index contributed by atoms with van der Waals surface area (Å²) in [4.78, 5) is 25.3. The first kappa shape index (κ1) is 14.5. The Balaban J connectivity index is 1.83. The second-order valence-corrected chi connectivity index (χ2v) is 5.26. The van der Waals surface area contributed by atoms with Crippen LogP contribution in [-0.2, 0) is 14.3 Å². The molecule has 3 rings (SSSR count). The average molecular weight is 306 g/mol. The topological polar surface area (TPSA) is 77.1 Å². The predicted octanol–water partition coefficient (Wildman–Crippen LogP) is 1.52. The van der Waals surface area contributed by atoms with E-state index in [1.165, 1.54) is 7.11 Å². The molecule has 1 amide bonds. The molecule has 0 aromatic heterocycles. The number of nitrogens with zero attached hydrogens (tertiary/aromatic N) is 1. The van der Waals surface area contributed by atoms with Gasteiger partial charge in [0, 0.05) is 25.1 Å². The van der Waals surface area contributed by atoms with Crippen molar-refractivity contribution in [3.05, 3.63) is 12.1 Å². The molecule has 0 spiro atoms. The van der Waals surface area contributed by atoms with Crippen molar-refractivity contribution in [2.75, 3.05) is 30.7 Å². The summed E-state index contributed by atoms with van der Waals surface area (Å²) in [5.41, 5.74) is 1.58. The van der Waals surface area contributed by atoms with Gasteiger partial charge in [-0.2, -0.15) is 0 Å². The lowest BCUT2D eigenvalue weighted by Gasteiger charge is -2.34. The molecule has 2 aliphatic heterocycles. The number of carbonyl (C=O) groups is 2. The minimum atomic E-state index is -0.328. The maximum Gasteiger partial charge on any atom is 0.305 e. The first-order valence-corrected chi connectivity index (χ1v) is 7.18. The molecule has 2 heterocycles. The molecule has 0 saturated carbocycles. The largest absolute Gasteiger partial charge is 0.469 e. The Hall–Kier alpha value is -2.44. The van der Waals surface area contributed by atoms with E-state index >= 15 is 0 Å². The van der Waals surface area contributed by atoms with Crippen LogP contribution in [0.3, 0.4) is 0 Å². The number of ether oxygens (including phenoxy) is 3. The van der Waals surface area contributed by atoms with Crippen molar-refractivity contribution in [3.63, 3.8) is 0 Å². The molecule has 0 fully saturated rings. The van der Waals surface area contributed by atoms with Crippen molar-refractivity contribution in [2.45, 2.75) is 25.8 Å². The molecule has 0 aliphatic carbocycles. The number of methoxy groups -OCH3 is 1. The zero-order valence-electron chi connectivity index (χ0n) is 12.5. The highest BCUT2D eigenvalue weighted by Crippen LogP contribution is 2.43. The van der Waals surface area contributed by atoms with Crippen molar-refractivity contribution in [3.8, 4) is 11.5 Å². The number of hydrogen-bond acceptors (Lipinski definition) is 6. The van der Waals surface area contributed by atoms with Crippen molar-refractivity contribution < 1.29 is 23.8 Å². The summed E-state index contributed by atoms with van der Waals surface area (Å²) < 4.78 is 15.4. The highest BCUT2D eigenvalue weighted by Gasteiger charge is 2.31. The quantitative estimate of drug-likeness (QED) is 0.850. The lowest BCUT2D eigenvalue weighted by atomic mass is 10.1. The number of esters is 1. The third-order valence-corrected chi connectivity index (χ3v) is 3.78. The third kappa shape index (κ3) is 2.54. The molecule has 1 atom stereocenters. The summed E-state index contributed by atoms with van der Waals surface area (Å²) in [6, 6.07) is 3.31. The molecule has 1 unspecified atom stereocenters. The number of hydrogen-bond donors (Lipinski definition) is 1. The molecule has 0 saturated heterocycles. The minimum absolute atomic E-state index is 0.0313. The number of fused-ring (bicyclic) bond motifs is 2. The summed E-state index contributed by atoms with van der Waals surface area (Å²) in [7, 11) is 1.36. The summed E-state index contributed by atoms with van der Waals surface area (Å²) in [6.45, 7) is 2.44. The van der Waals surface area contributed by atoms with Crippen LogP contribution in [-0.4, -0.2) is 38.4 Å². The second kappa shape index (κ2) is 5.75. The van der Waals surface area contributed by atoms with Gasteiger partial charge in [0.1, 0.15) is 6.04 Å². The molecule has 7 nitrogen and oxygen atoms in total. The van der Waals surface area contributed by atoms with Gasteiger partial charge in [0.05, 0.1) is 18.5 Å². The molecular formula is C15H18N2O5. The van der Waals surface area contributed by atoms with Gasteiger partial charge >= 0.3 is 5.97 Å². The van der Waals surface area contributed by atoms with Crippen LogP contribution in [0.15, 0.2) is 12.1 Å². The number of carbonyl (C=O) groups excluding carboxylic acids is 2. The summed E-state index contributed by atoms with van der Waals surface area (Å²) in [5, 5.41) is 3.16. The zero-order valence-corrected chi connectivity index (χ0v) is 12.5. The Bertz CT molecular complexity index is 616. The van der Waals surface area contributed by atoms with E-state index in [2.05, 4.69) is 10.1 Å². The van der Waals surface area contributed by atoms with Crippen molar-refractivity contribution >= 4 is 23.3 Å².